The second-order valence-corrected chi connectivity index (χ2v) is 18.7. The molecule has 0 aromatic heterocycles. The maximum atomic E-state index is 11.2. The molecule has 4 aliphatic carbocycles. The maximum absolute atomic E-state index is 11.2. The first-order valence-corrected chi connectivity index (χ1v) is 20.3. The van der Waals surface area contributed by atoms with Crippen molar-refractivity contribution in [3.8, 4) is 0 Å². The van der Waals surface area contributed by atoms with E-state index in [-0.39, 0.29) is 23.0 Å². The lowest BCUT2D eigenvalue weighted by molar-refractivity contribution is -0.373. The Kier molecular flexibility index (Phi) is 10.4. The number of aliphatic hydroxyl groups excluding tert-OH is 7. The van der Waals surface area contributed by atoms with Crippen molar-refractivity contribution in [3.05, 3.63) is 0 Å². The van der Waals surface area contributed by atoms with Crippen LogP contribution in [0.3, 0.4) is 0 Å². The van der Waals surface area contributed by atoms with Gasteiger partial charge >= 0.3 is 0 Å². The van der Waals surface area contributed by atoms with Gasteiger partial charge in [-0.1, -0.05) is 27.7 Å². The molecular formula is C39H64O13. The van der Waals surface area contributed by atoms with Gasteiger partial charge in [0.1, 0.15) is 48.8 Å². The molecule has 0 radical (unpaired) electrons. The highest BCUT2D eigenvalue weighted by atomic mass is 16.8. The standard InChI is InChI=1S/C39H64O13/c1-18-9-12-39(47-17-18)19(2)28-24-8-7-22-23(38(24,4)14-25(28)52-39)6-5-20-13-21(10-11-37(20,22)3)48-36-34(32(45)30(43)27(16-41)50-36)51-35-33(46)31(44)29(42)26(15-40)49-35/h18-36,40-46H,5-17H2,1-4H3/t18-,19-,20-,21-,22-,23+,24+,25-,26+,27+,28-,29-,30-,31-,32-,33+,34+,35-,36+,37-,38-,39+/m0/s1. The van der Waals surface area contributed by atoms with Gasteiger partial charge in [0.05, 0.1) is 32.0 Å². The number of rotatable bonds is 6. The average molecular weight is 741 g/mol. The van der Waals surface area contributed by atoms with Crippen LogP contribution < -0.4 is 0 Å². The van der Waals surface area contributed by atoms with Crippen molar-refractivity contribution in [3.63, 3.8) is 0 Å². The molecule has 7 N–H and O–H groups in total. The zero-order valence-corrected chi connectivity index (χ0v) is 31.2. The van der Waals surface area contributed by atoms with Crippen LogP contribution in [-0.2, 0) is 28.4 Å². The summed E-state index contributed by atoms with van der Waals surface area (Å²) in [6.45, 7) is 9.34. The van der Waals surface area contributed by atoms with Crippen LogP contribution >= 0.6 is 0 Å². The number of ether oxygens (including phenoxy) is 6. The molecule has 4 heterocycles. The predicted molar refractivity (Wildman–Crippen MR) is 183 cm³/mol. The zero-order chi connectivity index (χ0) is 36.9. The molecule has 52 heavy (non-hydrogen) atoms. The first-order valence-electron chi connectivity index (χ1n) is 20.3. The Bertz CT molecular complexity index is 1260. The smallest absolute Gasteiger partial charge is 0.187 e. The van der Waals surface area contributed by atoms with Crippen molar-refractivity contribution >= 4 is 0 Å². The third-order valence-corrected chi connectivity index (χ3v) is 16.2. The van der Waals surface area contributed by atoms with Gasteiger partial charge in [-0.2, -0.15) is 0 Å². The van der Waals surface area contributed by atoms with Gasteiger partial charge in [-0.15, -0.1) is 0 Å². The van der Waals surface area contributed by atoms with E-state index in [1.165, 1.54) is 25.7 Å². The molecule has 13 nitrogen and oxygen atoms in total. The Morgan fingerprint density at radius 1 is 0.673 bits per heavy atom. The Morgan fingerprint density at radius 3 is 2.02 bits per heavy atom. The van der Waals surface area contributed by atoms with Gasteiger partial charge in [0.2, 0.25) is 0 Å². The molecule has 8 fully saturated rings. The van der Waals surface area contributed by atoms with E-state index in [0.717, 1.165) is 45.1 Å². The Hall–Kier alpha value is -0.520. The van der Waals surface area contributed by atoms with Gasteiger partial charge < -0.3 is 64.2 Å². The van der Waals surface area contributed by atoms with E-state index >= 15 is 0 Å². The first-order chi connectivity index (χ1) is 24.7. The number of fused-ring (bicyclic) bond motifs is 7. The molecule has 1 spiro atoms. The van der Waals surface area contributed by atoms with Crippen LogP contribution in [0.25, 0.3) is 0 Å². The van der Waals surface area contributed by atoms with E-state index in [0.29, 0.717) is 41.4 Å². The second-order valence-electron chi connectivity index (χ2n) is 18.7. The third kappa shape index (κ3) is 5.98. The fourth-order valence-electron chi connectivity index (χ4n) is 13.1. The van der Waals surface area contributed by atoms with Crippen molar-refractivity contribution < 1.29 is 64.2 Å². The topological polar surface area (TPSA) is 197 Å². The minimum absolute atomic E-state index is 0.160. The lowest BCUT2D eigenvalue weighted by atomic mass is 9.43. The quantitative estimate of drug-likeness (QED) is 0.194. The minimum Gasteiger partial charge on any atom is -0.394 e. The third-order valence-electron chi connectivity index (χ3n) is 16.2. The maximum Gasteiger partial charge on any atom is 0.187 e. The van der Waals surface area contributed by atoms with E-state index in [4.69, 9.17) is 28.4 Å². The molecule has 4 saturated heterocycles. The van der Waals surface area contributed by atoms with Crippen LogP contribution in [0.2, 0.25) is 0 Å². The second kappa shape index (κ2) is 14.1. The summed E-state index contributed by atoms with van der Waals surface area (Å²) in [6.07, 6.45) is -3.89. The van der Waals surface area contributed by atoms with Crippen LogP contribution in [-0.4, -0.2) is 135 Å². The summed E-state index contributed by atoms with van der Waals surface area (Å²) in [6, 6.07) is 0. The highest BCUT2D eigenvalue weighted by Crippen LogP contribution is 2.71. The fraction of sp³-hybridized carbons (Fsp3) is 1.00. The van der Waals surface area contributed by atoms with Crippen LogP contribution in [0.5, 0.6) is 0 Å². The molecule has 0 unspecified atom stereocenters. The molecule has 22 atom stereocenters. The van der Waals surface area contributed by atoms with E-state index < -0.39 is 80.4 Å². The van der Waals surface area contributed by atoms with Crippen molar-refractivity contribution in [1.29, 1.82) is 0 Å². The van der Waals surface area contributed by atoms with Gasteiger partial charge in [-0.05, 0) is 104 Å². The molecule has 0 aromatic carbocycles. The number of hydrogen-bond acceptors (Lipinski definition) is 13. The van der Waals surface area contributed by atoms with Crippen molar-refractivity contribution in [2.24, 2.45) is 52.3 Å². The summed E-state index contributed by atoms with van der Waals surface area (Å²) < 4.78 is 37.5. The van der Waals surface area contributed by atoms with Crippen molar-refractivity contribution in [1.82, 2.24) is 0 Å². The highest BCUT2D eigenvalue weighted by Gasteiger charge is 2.69. The van der Waals surface area contributed by atoms with Crippen LogP contribution in [0, 0.1) is 52.3 Å². The summed E-state index contributed by atoms with van der Waals surface area (Å²) in [5, 5.41) is 72.7. The molecule has 13 heteroatoms. The summed E-state index contributed by atoms with van der Waals surface area (Å²) in [5.41, 5.74) is 0.409. The number of hydrogen-bond donors (Lipinski definition) is 7. The molecule has 8 rings (SSSR count). The Balaban J connectivity index is 0.944. The highest BCUT2D eigenvalue weighted by molar-refractivity contribution is 5.15. The largest absolute Gasteiger partial charge is 0.394 e. The molecule has 0 amide bonds. The van der Waals surface area contributed by atoms with E-state index in [1.807, 2.05) is 0 Å². The average Bonchev–Trinajstić information content (AvgIpc) is 3.56. The Morgan fingerprint density at radius 2 is 1.33 bits per heavy atom. The lowest BCUT2D eigenvalue weighted by Gasteiger charge is -2.62. The number of aliphatic hydroxyl groups is 7. The summed E-state index contributed by atoms with van der Waals surface area (Å²) in [7, 11) is 0. The predicted octanol–water partition coefficient (Wildman–Crippen LogP) is 1.44. The van der Waals surface area contributed by atoms with E-state index in [9.17, 15) is 35.7 Å². The van der Waals surface area contributed by atoms with Crippen LogP contribution in [0.1, 0.15) is 91.9 Å². The summed E-state index contributed by atoms with van der Waals surface area (Å²) >= 11 is 0. The SMILES string of the molecule is C[C@H]1CC[C@@]2(OC1)O[C@H]1C[C@]3(C)[C@H](CC[C@H]4[C@H]3CC[C@H]3C[C@@H](O[C@@H]5O[C@H](CO)[C@H](O)[C@H](O)[C@H]5O[C@@H]5O[C@H](CO)[C@H](O)[C@H](O)[C@H]5O)CC[C@@]34C)[C@@H]1[C@@H]2C. The fourth-order valence-corrected chi connectivity index (χ4v) is 13.1. The summed E-state index contributed by atoms with van der Waals surface area (Å²) in [5.74, 6) is 3.52. The van der Waals surface area contributed by atoms with Gasteiger partial charge in [0, 0.05) is 12.3 Å². The molecule has 4 aliphatic heterocycles. The molecular weight excluding hydrogens is 676 g/mol. The van der Waals surface area contributed by atoms with Crippen LogP contribution in [0.15, 0.2) is 0 Å². The van der Waals surface area contributed by atoms with Gasteiger partial charge in [-0.25, -0.2) is 0 Å². The normalized spacial score (nSPS) is 59.0. The molecule has 0 aromatic rings. The van der Waals surface area contributed by atoms with Gasteiger partial charge in [0.15, 0.2) is 18.4 Å². The zero-order valence-electron chi connectivity index (χ0n) is 31.2. The lowest BCUT2D eigenvalue weighted by Crippen LogP contribution is -2.65. The van der Waals surface area contributed by atoms with E-state index in [1.54, 1.807) is 0 Å². The molecule has 298 valence electrons. The summed E-state index contributed by atoms with van der Waals surface area (Å²) in [4.78, 5) is 0. The Labute approximate surface area is 307 Å². The van der Waals surface area contributed by atoms with Crippen LogP contribution in [0.4, 0.5) is 0 Å². The molecule has 4 saturated carbocycles. The molecule has 0 bridgehead atoms. The minimum atomic E-state index is -1.71. The van der Waals surface area contributed by atoms with E-state index in [2.05, 4.69) is 27.7 Å². The molecule has 8 aliphatic rings. The van der Waals surface area contributed by atoms with Crippen molar-refractivity contribution in [2.45, 2.75) is 171 Å². The van der Waals surface area contributed by atoms with Crippen molar-refractivity contribution in [2.75, 3.05) is 19.8 Å². The van der Waals surface area contributed by atoms with Gasteiger partial charge in [-0.3, -0.25) is 0 Å². The monoisotopic (exact) mass is 740 g/mol. The first kappa shape index (κ1) is 38.4. The van der Waals surface area contributed by atoms with Gasteiger partial charge in [0.25, 0.3) is 0 Å².